The standard InChI is InChI=1S/C22H18Cl2N4O2/c1-13-7-14(10-25-9-13)12-30-16-4-5-17(18(8-16)29-2)20-21(24)28-22(27-20)15-3-6-19(23)26-11-15/h3-11H,12H2,1-2H3,(H,27,28). The number of nitrogens with one attached hydrogen (secondary N) is 1. The molecule has 0 bridgehead atoms. The monoisotopic (exact) mass is 440 g/mol. The average Bonchev–Trinajstić information content (AvgIpc) is 3.14. The van der Waals surface area contributed by atoms with Gasteiger partial charge in [-0.05, 0) is 42.8 Å². The van der Waals surface area contributed by atoms with Crippen molar-refractivity contribution >= 4 is 23.2 Å². The van der Waals surface area contributed by atoms with Gasteiger partial charge in [-0.2, -0.15) is 0 Å². The van der Waals surface area contributed by atoms with E-state index in [1.165, 1.54) is 0 Å². The molecule has 3 aromatic heterocycles. The van der Waals surface area contributed by atoms with Crippen molar-refractivity contribution in [1.82, 2.24) is 19.9 Å². The van der Waals surface area contributed by atoms with E-state index < -0.39 is 0 Å². The molecule has 0 aliphatic carbocycles. The number of hydrogen-bond donors (Lipinski definition) is 1. The first-order chi connectivity index (χ1) is 14.5. The second-order valence-electron chi connectivity index (χ2n) is 6.64. The molecule has 0 radical (unpaired) electrons. The highest BCUT2D eigenvalue weighted by Crippen LogP contribution is 2.37. The SMILES string of the molecule is COc1cc(OCc2cncc(C)c2)ccc1-c1nc(-c2ccc(Cl)nc2)[nH]c1Cl. The zero-order chi connectivity index (χ0) is 21.1. The van der Waals surface area contributed by atoms with E-state index in [2.05, 4.69) is 19.9 Å². The average molecular weight is 441 g/mol. The Kier molecular flexibility index (Phi) is 5.88. The van der Waals surface area contributed by atoms with E-state index in [1.54, 1.807) is 25.6 Å². The molecule has 152 valence electrons. The summed E-state index contributed by atoms with van der Waals surface area (Å²) in [5, 5.41) is 0.813. The van der Waals surface area contributed by atoms with Crippen molar-refractivity contribution in [2.75, 3.05) is 7.11 Å². The van der Waals surface area contributed by atoms with Crippen molar-refractivity contribution in [2.45, 2.75) is 13.5 Å². The molecule has 0 saturated heterocycles. The molecule has 3 heterocycles. The summed E-state index contributed by atoms with van der Waals surface area (Å²) in [6.45, 7) is 2.41. The predicted molar refractivity (Wildman–Crippen MR) is 117 cm³/mol. The Bertz CT molecular complexity index is 1180. The van der Waals surface area contributed by atoms with Gasteiger partial charge in [-0.1, -0.05) is 23.2 Å². The minimum Gasteiger partial charge on any atom is -0.496 e. The minimum absolute atomic E-state index is 0.401. The third-order valence-electron chi connectivity index (χ3n) is 4.43. The molecule has 6 nitrogen and oxygen atoms in total. The van der Waals surface area contributed by atoms with Gasteiger partial charge in [0, 0.05) is 41.3 Å². The number of pyridine rings is 2. The Hall–Kier alpha value is -3.09. The molecule has 0 amide bonds. The van der Waals surface area contributed by atoms with E-state index in [4.69, 9.17) is 32.7 Å². The summed E-state index contributed by atoms with van der Waals surface area (Å²) in [7, 11) is 1.59. The maximum Gasteiger partial charge on any atom is 0.140 e. The molecule has 0 aliphatic rings. The van der Waals surface area contributed by atoms with E-state index in [9.17, 15) is 0 Å². The second-order valence-corrected chi connectivity index (χ2v) is 7.40. The summed E-state index contributed by atoms with van der Waals surface area (Å²) in [5.74, 6) is 1.86. The van der Waals surface area contributed by atoms with Crippen molar-refractivity contribution in [3.05, 3.63) is 76.4 Å². The summed E-state index contributed by atoms with van der Waals surface area (Å²) in [6, 6.07) is 11.1. The Balaban J connectivity index is 1.59. The lowest BCUT2D eigenvalue weighted by Gasteiger charge is -2.11. The summed E-state index contributed by atoms with van der Waals surface area (Å²) in [6.07, 6.45) is 5.23. The Morgan fingerprint density at radius 2 is 1.90 bits per heavy atom. The summed E-state index contributed by atoms with van der Waals surface area (Å²) in [4.78, 5) is 16.0. The van der Waals surface area contributed by atoms with Gasteiger partial charge < -0.3 is 14.5 Å². The summed E-state index contributed by atoms with van der Waals surface area (Å²) in [5.41, 5.74) is 4.18. The highest BCUT2D eigenvalue weighted by molar-refractivity contribution is 6.32. The fraction of sp³-hybridized carbons (Fsp3) is 0.136. The highest BCUT2D eigenvalue weighted by Gasteiger charge is 2.17. The van der Waals surface area contributed by atoms with E-state index in [1.807, 2.05) is 43.5 Å². The van der Waals surface area contributed by atoms with Gasteiger partial charge in [0.2, 0.25) is 0 Å². The number of aryl methyl sites for hydroxylation is 1. The van der Waals surface area contributed by atoms with Gasteiger partial charge in [-0.15, -0.1) is 0 Å². The molecule has 1 N–H and O–H groups in total. The van der Waals surface area contributed by atoms with Crippen LogP contribution in [0.4, 0.5) is 0 Å². The van der Waals surface area contributed by atoms with E-state index in [0.717, 1.165) is 22.3 Å². The van der Waals surface area contributed by atoms with Crippen LogP contribution in [0.2, 0.25) is 10.3 Å². The van der Waals surface area contributed by atoms with Crippen molar-refractivity contribution in [3.8, 4) is 34.1 Å². The van der Waals surface area contributed by atoms with Gasteiger partial charge in [0.15, 0.2) is 0 Å². The van der Waals surface area contributed by atoms with Gasteiger partial charge in [0.1, 0.15) is 39.9 Å². The maximum absolute atomic E-state index is 6.43. The molecule has 0 spiro atoms. The lowest BCUT2D eigenvalue weighted by molar-refractivity contribution is 0.303. The highest BCUT2D eigenvalue weighted by atomic mass is 35.5. The van der Waals surface area contributed by atoms with E-state index >= 15 is 0 Å². The quantitative estimate of drug-likeness (QED) is 0.387. The normalized spacial score (nSPS) is 10.8. The van der Waals surface area contributed by atoms with Gasteiger partial charge >= 0.3 is 0 Å². The number of H-pyrrole nitrogens is 1. The van der Waals surface area contributed by atoms with Crippen LogP contribution in [0.1, 0.15) is 11.1 Å². The van der Waals surface area contributed by atoms with Crippen LogP contribution in [-0.4, -0.2) is 27.0 Å². The molecule has 0 saturated carbocycles. The number of nitrogens with zero attached hydrogens (tertiary/aromatic N) is 3. The molecule has 30 heavy (non-hydrogen) atoms. The first kappa shape index (κ1) is 20.2. The molecular formula is C22H18Cl2N4O2. The lowest BCUT2D eigenvalue weighted by Crippen LogP contribution is -1.98. The molecule has 8 heteroatoms. The maximum atomic E-state index is 6.43. The van der Waals surface area contributed by atoms with Crippen molar-refractivity contribution in [3.63, 3.8) is 0 Å². The van der Waals surface area contributed by atoms with Crippen molar-refractivity contribution in [1.29, 1.82) is 0 Å². The summed E-state index contributed by atoms with van der Waals surface area (Å²) < 4.78 is 11.5. The number of benzene rings is 1. The zero-order valence-electron chi connectivity index (χ0n) is 16.3. The summed E-state index contributed by atoms with van der Waals surface area (Å²) >= 11 is 12.3. The van der Waals surface area contributed by atoms with Crippen LogP contribution in [0, 0.1) is 6.92 Å². The van der Waals surface area contributed by atoms with Crippen molar-refractivity contribution < 1.29 is 9.47 Å². The molecule has 0 aliphatic heterocycles. The Labute approximate surface area is 183 Å². The van der Waals surface area contributed by atoms with Gasteiger partial charge in [-0.25, -0.2) is 9.97 Å². The fourth-order valence-corrected chi connectivity index (χ4v) is 3.35. The van der Waals surface area contributed by atoms with Crippen LogP contribution < -0.4 is 9.47 Å². The number of aromatic amines is 1. The molecule has 0 unspecified atom stereocenters. The first-order valence-corrected chi connectivity index (χ1v) is 9.88. The van der Waals surface area contributed by atoms with Crippen LogP contribution in [0.15, 0.2) is 55.0 Å². The van der Waals surface area contributed by atoms with Crippen LogP contribution in [0.3, 0.4) is 0 Å². The number of ether oxygens (including phenoxy) is 2. The van der Waals surface area contributed by atoms with Gasteiger partial charge in [0.25, 0.3) is 0 Å². The van der Waals surface area contributed by atoms with Crippen LogP contribution >= 0.6 is 23.2 Å². The number of aromatic nitrogens is 4. The van der Waals surface area contributed by atoms with Gasteiger partial charge in [-0.3, -0.25) is 4.98 Å². The number of rotatable bonds is 6. The fourth-order valence-electron chi connectivity index (χ4n) is 3.00. The number of halogens is 2. The molecule has 1 aromatic carbocycles. The van der Waals surface area contributed by atoms with Gasteiger partial charge in [0.05, 0.1) is 7.11 Å². The van der Waals surface area contributed by atoms with Crippen LogP contribution in [0.5, 0.6) is 11.5 Å². The van der Waals surface area contributed by atoms with Crippen molar-refractivity contribution in [2.24, 2.45) is 0 Å². The number of methoxy groups -OCH3 is 1. The first-order valence-electron chi connectivity index (χ1n) is 9.12. The van der Waals surface area contributed by atoms with Crippen LogP contribution in [-0.2, 0) is 6.61 Å². The molecular weight excluding hydrogens is 423 g/mol. The third-order valence-corrected chi connectivity index (χ3v) is 4.92. The largest absolute Gasteiger partial charge is 0.496 e. The Morgan fingerprint density at radius 3 is 2.63 bits per heavy atom. The lowest BCUT2D eigenvalue weighted by atomic mass is 10.1. The smallest absolute Gasteiger partial charge is 0.140 e. The van der Waals surface area contributed by atoms with E-state index in [0.29, 0.717) is 39.9 Å². The molecule has 0 atom stereocenters. The predicted octanol–water partition coefficient (Wildman–Crippen LogP) is 5.74. The van der Waals surface area contributed by atoms with Crippen LogP contribution in [0.25, 0.3) is 22.6 Å². The minimum atomic E-state index is 0.401. The topological polar surface area (TPSA) is 72.9 Å². The molecule has 4 aromatic rings. The number of hydrogen-bond acceptors (Lipinski definition) is 5. The molecule has 0 fully saturated rings. The third kappa shape index (κ3) is 4.40. The zero-order valence-corrected chi connectivity index (χ0v) is 17.8. The second kappa shape index (κ2) is 8.73. The Morgan fingerprint density at radius 1 is 1.03 bits per heavy atom. The molecule has 4 rings (SSSR count). The number of imidazole rings is 1. The van der Waals surface area contributed by atoms with E-state index in [-0.39, 0.29) is 0 Å².